The van der Waals surface area contributed by atoms with Crippen LogP contribution >= 0.6 is 11.3 Å². The highest BCUT2D eigenvalue weighted by molar-refractivity contribution is 7.12. The van der Waals surface area contributed by atoms with Crippen molar-refractivity contribution in [1.82, 2.24) is 0 Å². The molecule has 0 saturated carbocycles. The van der Waals surface area contributed by atoms with Crippen LogP contribution in [0.15, 0.2) is 17.5 Å². The maximum atomic E-state index is 11.7. The maximum Gasteiger partial charge on any atom is 0.172 e. The van der Waals surface area contributed by atoms with Crippen molar-refractivity contribution < 1.29 is 4.79 Å². The smallest absolute Gasteiger partial charge is 0.172 e. The molecule has 0 aliphatic heterocycles. The van der Waals surface area contributed by atoms with Crippen LogP contribution in [0.3, 0.4) is 0 Å². The van der Waals surface area contributed by atoms with E-state index in [4.69, 9.17) is 0 Å². The van der Waals surface area contributed by atoms with Crippen molar-refractivity contribution in [3.63, 3.8) is 0 Å². The molecule has 16 heavy (non-hydrogen) atoms. The SMILES string of the molecule is CC(C)(C)CCCCCC(=O)c1cccs1. The second kappa shape index (κ2) is 6.19. The Bertz CT molecular complexity index is 306. The van der Waals surface area contributed by atoms with Crippen molar-refractivity contribution >= 4 is 17.1 Å². The Morgan fingerprint density at radius 2 is 2.00 bits per heavy atom. The van der Waals surface area contributed by atoms with Gasteiger partial charge in [0.15, 0.2) is 5.78 Å². The van der Waals surface area contributed by atoms with Gasteiger partial charge in [-0.3, -0.25) is 4.79 Å². The molecule has 0 bridgehead atoms. The van der Waals surface area contributed by atoms with Gasteiger partial charge >= 0.3 is 0 Å². The van der Waals surface area contributed by atoms with Crippen LogP contribution in [0.1, 0.15) is 62.5 Å². The van der Waals surface area contributed by atoms with E-state index in [1.54, 1.807) is 11.3 Å². The molecule has 0 atom stereocenters. The van der Waals surface area contributed by atoms with Gasteiger partial charge in [-0.05, 0) is 29.7 Å². The first kappa shape index (κ1) is 13.4. The lowest BCUT2D eigenvalue weighted by atomic mass is 9.89. The number of Topliss-reactive ketones (excluding diaryl/α,β-unsaturated/α-hetero) is 1. The number of hydrogen-bond donors (Lipinski definition) is 0. The van der Waals surface area contributed by atoms with Gasteiger partial charge in [-0.15, -0.1) is 11.3 Å². The average Bonchev–Trinajstić information content (AvgIpc) is 2.67. The first-order valence-corrected chi connectivity index (χ1v) is 6.94. The third-order valence-electron chi connectivity index (χ3n) is 2.63. The first-order valence-electron chi connectivity index (χ1n) is 6.06. The number of hydrogen-bond acceptors (Lipinski definition) is 2. The Balaban J connectivity index is 2.10. The van der Waals surface area contributed by atoms with Crippen LogP contribution in [-0.2, 0) is 0 Å². The number of rotatable bonds is 6. The van der Waals surface area contributed by atoms with E-state index >= 15 is 0 Å². The van der Waals surface area contributed by atoms with Crippen LogP contribution < -0.4 is 0 Å². The zero-order valence-corrected chi connectivity index (χ0v) is 11.4. The molecule has 1 rings (SSSR count). The van der Waals surface area contributed by atoms with Crippen molar-refractivity contribution in [3.8, 4) is 0 Å². The Morgan fingerprint density at radius 1 is 1.25 bits per heavy atom. The molecule has 1 aromatic heterocycles. The topological polar surface area (TPSA) is 17.1 Å². The summed E-state index contributed by atoms with van der Waals surface area (Å²) >= 11 is 1.55. The van der Waals surface area contributed by atoms with Gasteiger partial charge in [0.25, 0.3) is 0 Å². The molecule has 0 saturated heterocycles. The van der Waals surface area contributed by atoms with Crippen molar-refractivity contribution in [2.24, 2.45) is 5.41 Å². The molecular weight excluding hydrogens is 216 g/mol. The summed E-state index contributed by atoms with van der Waals surface area (Å²) in [5, 5.41) is 1.97. The number of carbonyl (C=O) groups excluding carboxylic acids is 1. The Morgan fingerprint density at radius 3 is 2.56 bits per heavy atom. The van der Waals surface area contributed by atoms with Crippen molar-refractivity contribution in [2.45, 2.75) is 52.9 Å². The van der Waals surface area contributed by atoms with Gasteiger partial charge in [0.2, 0.25) is 0 Å². The molecule has 0 spiro atoms. The minimum absolute atomic E-state index is 0.311. The molecule has 0 unspecified atom stereocenters. The highest BCUT2D eigenvalue weighted by atomic mass is 32.1. The van der Waals surface area contributed by atoms with E-state index in [1.807, 2.05) is 17.5 Å². The molecule has 90 valence electrons. The largest absolute Gasteiger partial charge is 0.293 e. The summed E-state index contributed by atoms with van der Waals surface area (Å²) < 4.78 is 0. The van der Waals surface area contributed by atoms with Crippen molar-refractivity contribution in [1.29, 1.82) is 0 Å². The highest BCUT2D eigenvalue weighted by Gasteiger charge is 2.10. The quantitative estimate of drug-likeness (QED) is 0.507. The Kier molecular flexibility index (Phi) is 5.20. The maximum absolute atomic E-state index is 11.7. The van der Waals surface area contributed by atoms with Crippen LogP contribution in [0.4, 0.5) is 0 Å². The second-order valence-electron chi connectivity index (χ2n) is 5.52. The van der Waals surface area contributed by atoms with Gasteiger partial charge in [-0.1, -0.05) is 39.7 Å². The molecule has 0 aromatic carbocycles. The minimum atomic E-state index is 0.311. The van der Waals surface area contributed by atoms with Gasteiger partial charge in [0.05, 0.1) is 4.88 Å². The van der Waals surface area contributed by atoms with Gasteiger partial charge in [-0.2, -0.15) is 0 Å². The van der Waals surface area contributed by atoms with Gasteiger partial charge < -0.3 is 0 Å². The van der Waals surface area contributed by atoms with E-state index in [0.717, 1.165) is 11.3 Å². The lowest BCUT2D eigenvalue weighted by molar-refractivity contribution is 0.0983. The average molecular weight is 238 g/mol. The predicted molar refractivity (Wildman–Crippen MR) is 71.2 cm³/mol. The normalized spacial score (nSPS) is 11.7. The van der Waals surface area contributed by atoms with Crippen LogP contribution in [0.5, 0.6) is 0 Å². The Labute approximate surface area is 103 Å². The first-order chi connectivity index (χ1) is 7.49. The zero-order chi connectivity index (χ0) is 12.0. The Hall–Kier alpha value is -0.630. The molecule has 2 heteroatoms. The fourth-order valence-electron chi connectivity index (χ4n) is 1.68. The van der Waals surface area contributed by atoms with E-state index in [-0.39, 0.29) is 0 Å². The monoisotopic (exact) mass is 238 g/mol. The fraction of sp³-hybridized carbons (Fsp3) is 0.643. The summed E-state index contributed by atoms with van der Waals surface area (Å²) in [6.07, 6.45) is 5.41. The van der Waals surface area contributed by atoms with Gasteiger partial charge in [-0.25, -0.2) is 0 Å². The van der Waals surface area contributed by atoms with E-state index in [2.05, 4.69) is 20.8 Å². The molecule has 0 radical (unpaired) electrons. The highest BCUT2D eigenvalue weighted by Crippen LogP contribution is 2.22. The summed E-state index contributed by atoms with van der Waals surface area (Å²) in [7, 11) is 0. The van der Waals surface area contributed by atoms with E-state index in [1.165, 1.54) is 19.3 Å². The third kappa shape index (κ3) is 5.45. The van der Waals surface area contributed by atoms with Crippen LogP contribution in [0.25, 0.3) is 0 Å². The zero-order valence-electron chi connectivity index (χ0n) is 10.6. The molecule has 1 heterocycles. The van der Waals surface area contributed by atoms with Crippen LogP contribution in [-0.4, -0.2) is 5.78 Å². The summed E-state index contributed by atoms with van der Waals surface area (Å²) in [6, 6.07) is 3.86. The molecule has 0 aliphatic carbocycles. The van der Waals surface area contributed by atoms with E-state index in [0.29, 0.717) is 17.6 Å². The molecule has 1 aromatic rings. The third-order valence-corrected chi connectivity index (χ3v) is 3.54. The summed E-state index contributed by atoms with van der Waals surface area (Å²) in [6.45, 7) is 6.80. The predicted octanol–water partition coefficient (Wildman–Crippen LogP) is 4.93. The number of unbranched alkanes of at least 4 members (excludes halogenated alkanes) is 2. The lowest BCUT2D eigenvalue weighted by Crippen LogP contribution is -2.04. The van der Waals surface area contributed by atoms with E-state index in [9.17, 15) is 4.79 Å². The van der Waals surface area contributed by atoms with Gasteiger partial charge in [0.1, 0.15) is 0 Å². The summed E-state index contributed by atoms with van der Waals surface area (Å²) in [4.78, 5) is 12.6. The standard InChI is InChI=1S/C14H22OS/c1-14(2,3)10-6-4-5-8-12(15)13-9-7-11-16-13/h7,9,11H,4-6,8,10H2,1-3H3. The fourth-order valence-corrected chi connectivity index (χ4v) is 2.37. The van der Waals surface area contributed by atoms with Crippen LogP contribution in [0, 0.1) is 5.41 Å². The molecular formula is C14H22OS. The summed E-state index contributed by atoms with van der Waals surface area (Å²) in [5.41, 5.74) is 0.428. The second-order valence-corrected chi connectivity index (χ2v) is 6.47. The van der Waals surface area contributed by atoms with Crippen molar-refractivity contribution in [3.05, 3.63) is 22.4 Å². The molecule has 1 nitrogen and oxygen atoms in total. The van der Waals surface area contributed by atoms with Gasteiger partial charge in [0, 0.05) is 6.42 Å². The number of carbonyl (C=O) groups is 1. The molecule has 0 N–H and O–H groups in total. The summed E-state index contributed by atoms with van der Waals surface area (Å²) in [5.74, 6) is 0.311. The molecule has 0 fully saturated rings. The number of ketones is 1. The molecule has 0 aliphatic rings. The number of thiophene rings is 1. The minimum Gasteiger partial charge on any atom is -0.293 e. The molecule has 0 amide bonds. The van der Waals surface area contributed by atoms with E-state index < -0.39 is 0 Å². The lowest BCUT2D eigenvalue weighted by Gasteiger charge is -2.17. The van der Waals surface area contributed by atoms with Crippen LogP contribution in [0.2, 0.25) is 0 Å². The van der Waals surface area contributed by atoms with Crippen molar-refractivity contribution in [2.75, 3.05) is 0 Å².